The summed E-state index contributed by atoms with van der Waals surface area (Å²) in [5.74, 6) is -1.63. The Labute approximate surface area is 250 Å². The van der Waals surface area contributed by atoms with Crippen LogP contribution in [0.5, 0.6) is 0 Å². The molecular formula is C29H42N6O8. The number of aliphatic hydroxyl groups is 1. The van der Waals surface area contributed by atoms with Crippen molar-refractivity contribution in [1.29, 1.82) is 10.7 Å². The Morgan fingerprint density at radius 3 is 2.58 bits per heavy atom. The number of alkyl carbamates (subject to hydrolysis) is 1. The van der Waals surface area contributed by atoms with Crippen LogP contribution in [0.25, 0.3) is 0 Å². The van der Waals surface area contributed by atoms with Crippen molar-refractivity contribution in [2.24, 2.45) is 22.6 Å². The maximum atomic E-state index is 13.4. The summed E-state index contributed by atoms with van der Waals surface area (Å²) in [4.78, 5) is 45.0. The van der Waals surface area contributed by atoms with Gasteiger partial charge in [-0.3, -0.25) is 10.2 Å². The van der Waals surface area contributed by atoms with Crippen LogP contribution in [0.2, 0.25) is 0 Å². The van der Waals surface area contributed by atoms with Crippen molar-refractivity contribution < 1.29 is 38.4 Å². The van der Waals surface area contributed by atoms with Gasteiger partial charge in [0.2, 0.25) is 5.60 Å². The van der Waals surface area contributed by atoms with Crippen LogP contribution in [0.3, 0.4) is 0 Å². The fraction of sp³-hybridized carbons (Fsp3) is 0.655. The maximum Gasteiger partial charge on any atom is 0.408 e. The normalized spacial score (nSPS) is 25.2. The van der Waals surface area contributed by atoms with Gasteiger partial charge in [-0.15, -0.1) is 0 Å². The summed E-state index contributed by atoms with van der Waals surface area (Å²) in [7, 11) is 0. The second-order valence-corrected chi connectivity index (χ2v) is 12.2. The number of hydrogen-bond donors (Lipinski definition) is 5. The zero-order chi connectivity index (χ0) is 31.9. The largest absolute Gasteiger partial charge is 0.463 e. The third-order valence-electron chi connectivity index (χ3n) is 7.35. The van der Waals surface area contributed by atoms with Crippen molar-refractivity contribution >= 4 is 30.2 Å². The number of hydrogen-bond acceptors (Lipinski definition) is 10. The Bertz CT molecular complexity index is 1240. The molecule has 2 aliphatic rings. The molecule has 2 fully saturated rings. The highest BCUT2D eigenvalue weighted by atomic mass is 16.6. The van der Waals surface area contributed by atoms with Gasteiger partial charge >= 0.3 is 18.0 Å². The van der Waals surface area contributed by atoms with Gasteiger partial charge in [-0.1, -0.05) is 26.7 Å². The monoisotopic (exact) mass is 602 g/mol. The summed E-state index contributed by atoms with van der Waals surface area (Å²) in [6.45, 7) is 8.01. The Balaban J connectivity index is 1.87. The van der Waals surface area contributed by atoms with E-state index in [9.17, 15) is 24.8 Å². The molecule has 1 amide bonds. The Kier molecular flexibility index (Phi) is 10.9. The van der Waals surface area contributed by atoms with Crippen LogP contribution in [0.4, 0.5) is 4.79 Å². The smallest absolute Gasteiger partial charge is 0.408 e. The molecule has 14 nitrogen and oxygen atoms in total. The second kappa shape index (κ2) is 14.0. The Morgan fingerprint density at radius 1 is 1.33 bits per heavy atom. The number of H-pyrrole nitrogens is 1. The molecule has 1 saturated carbocycles. The molecule has 236 valence electrons. The number of rotatable bonds is 11. The summed E-state index contributed by atoms with van der Waals surface area (Å²) in [6, 6.07) is 3.73. The third kappa shape index (κ3) is 8.32. The highest BCUT2D eigenvalue weighted by molar-refractivity contribution is 5.99. The van der Waals surface area contributed by atoms with Crippen LogP contribution in [0.1, 0.15) is 78.1 Å². The molecule has 0 bridgehead atoms. The summed E-state index contributed by atoms with van der Waals surface area (Å²) < 4.78 is 22.5. The number of amides is 1. The Hall–Kier alpha value is -3.96. The molecule has 1 saturated heterocycles. The minimum absolute atomic E-state index is 0.0461. The molecule has 1 aromatic heterocycles. The summed E-state index contributed by atoms with van der Waals surface area (Å²) in [5.41, 5.74) is 3.29. The number of carbonyl (C=O) groups excluding carboxylic acids is 3. The van der Waals surface area contributed by atoms with E-state index in [2.05, 4.69) is 15.3 Å². The molecule has 2 heterocycles. The number of nitrogens with two attached hydrogens (primary N) is 1. The zero-order valence-electron chi connectivity index (χ0n) is 25.2. The van der Waals surface area contributed by atoms with Crippen LogP contribution < -0.4 is 11.1 Å². The van der Waals surface area contributed by atoms with Gasteiger partial charge < -0.3 is 40.1 Å². The molecule has 3 rings (SSSR count). The van der Waals surface area contributed by atoms with Crippen LogP contribution >= 0.6 is 0 Å². The van der Waals surface area contributed by atoms with Crippen LogP contribution in [-0.2, 0) is 34.1 Å². The quantitative estimate of drug-likeness (QED) is 0.108. The van der Waals surface area contributed by atoms with Gasteiger partial charge in [-0.25, -0.2) is 14.6 Å². The predicted octanol–water partition coefficient (Wildman–Crippen LogP) is 2.39. The number of aliphatic hydroxyl groups excluding tert-OH is 1. The number of aliphatic imine (C=N–C) groups is 1. The summed E-state index contributed by atoms with van der Waals surface area (Å²) >= 11 is 0. The fourth-order valence-corrected chi connectivity index (χ4v) is 5.18. The molecule has 0 radical (unpaired) electrons. The van der Waals surface area contributed by atoms with E-state index in [1.165, 1.54) is 12.1 Å². The van der Waals surface area contributed by atoms with E-state index >= 15 is 0 Å². The number of ether oxygens (including phenoxy) is 4. The lowest BCUT2D eigenvalue weighted by Gasteiger charge is -2.28. The number of nitrogens with one attached hydrogen (secondary N) is 3. The van der Waals surface area contributed by atoms with Gasteiger partial charge in [0.1, 0.15) is 48.7 Å². The maximum absolute atomic E-state index is 13.4. The number of aromatic nitrogens is 1. The molecule has 6 N–H and O–H groups in total. The van der Waals surface area contributed by atoms with Gasteiger partial charge in [-0.05, 0) is 57.6 Å². The molecular weight excluding hydrogens is 560 g/mol. The van der Waals surface area contributed by atoms with Gasteiger partial charge in [0.25, 0.3) is 0 Å². The van der Waals surface area contributed by atoms with E-state index in [0.29, 0.717) is 0 Å². The topological polar surface area (TPSA) is 222 Å². The fourth-order valence-electron chi connectivity index (χ4n) is 5.18. The molecule has 14 heteroatoms. The standard InChI is InChI=1S/C29H42N6O8/c1-16(2)22(35-27(39)43-28(3,4)5)26(38)41-23-19(13-40-21(36)12-17-8-6-7-9-17)42-29(14-30,24(23)37)20-11-10-18(34-20)25(32)33-15-31/h10-11,15-17,19,22-24,34,37H,6-9,12-13H2,1-5H3,(H,35,39)(H3,31,32,33)/t19-,22-,23-,24-,29+/m1/s1. The number of esters is 2. The first-order chi connectivity index (χ1) is 20.2. The Morgan fingerprint density at radius 2 is 2.00 bits per heavy atom. The van der Waals surface area contributed by atoms with Crippen molar-refractivity contribution in [1.82, 2.24) is 10.3 Å². The first-order valence-corrected chi connectivity index (χ1v) is 14.4. The molecule has 0 spiro atoms. The average molecular weight is 603 g/mol. The van der Waals surface area contributed by atoms with Gasteiger partial charge in [0.15, 0.2) is 6.10 Å². The summed E-state index contributed by atoms with van der Waals surface area (Å²) in [5, 5.41) is 31.4. The lowest BCUT2D eigenvalue weighted by atomic mass is 9.92. The zero-order valence-corrected chi connectivity index (χ0v) is 25.2. The minimum atomic E-state index is -2.08. The number of nitriles is 1. The lowest BCUT2D eigenvalue weighted by molar-refractivity contribution is -0.163. The number of nitrogens with zero attached hydrogens (tertiary/aromatic N) is 2. The van der Waals surface area contributed by atoms with E-state index < -0.39 is 66.1 Å². The highest BCUT2D eigenvalue weighted by Crippen LogP contribution is 2.41. The van der Waals surface area contributed by atoms with Gasteiger partial charge in [-0.2, -0.15) is 5.26 Å². The van der Waals surface area contributed by atoms with Gasteiger partial charge in [0, 0.05) is 6.42 Å². The predicted molar refractivity (Wildman–Crippen MR) is 154 cm³/mol. The molecule has 5 atom stereocenters. The molecule has 0 aromatic carbocycles. The number of amidine groups is 1. The molecule has 1 aliphatic carbocycles. The molecule has 1 aromatic rings. The average Bonchev–Trinajstić information content (AvgIpc) is 3.67. The van der Waals surface area contributed by atoms with Crippen LogP contribution in [0.15, 0.2) is 17.1 Å². The number of carbonyl (C=O) groups is 3. The van der Waals surface area contributed by atoms with E-state index in [4.69, 9.17) is 30.1 Å². The van der Waals surface area contributed by atoms with Crippen molar-refractivity contribution in [2.75, 3.05) is 6.61 Å². The molecule has 1 aliphatic heterocycles. The first kappa shape index (κ1) is 33.5. The number of aromatic amines is 1. The van der Waals surface area contributed by atoms with E-state index in [1.54, 1.807) is 34.6 Å². The lowest BCUT2D eigenvalue weighted by Crippen LogP contribution is -2.50. The highest BCUT2D eigenvalue weighted by Gasteiger charge is 2.59. The van der Waals surface area contributed by atoms with Crippen molar-refractivity contribution in [3.63, 3.8) is 0 Å². The van der Waals surface area contributed by atoms with Crippen molar-refractivity contribution in [2.45, 2.75) is 102 Å². The van der Waals surface area contributed by atoms with E-state index in [0.717, 1.165) is 32.0 Å². The van der Waals surface area contributed by atoms with Gasteiger partial charge in [0.05, 0.1) is 11.4 Å². The van der Waals surface area contributed by atoms with E-state index in [1.807, 2.05) is 6.07 Å². The van der Waals surface area contributed by atoms with Crippen LogP contribution in [-0.4, -0.2) is 76.9 Å². The minimum Gasteiger partial charge on any atom is -0.463 e. The second-order valence-electron chi connectivity index (χ2n) is 12.2. The summed E-state index contributed by atoms with van der Waals surface area (Å²) in [6.07, 6.45) is -0.325. The van der Waals surface area contributed by atoms with Crippen LogP contribution in [0, 0.1) is 28.6 Å². The first-order valence-electron chi connectivity index (χ1n) is 14.4. The van der Waals surface area contributed by atoms with Crippen molar-refractivity contribution in [3.8, 4) is 6.07 Å². The molecule has 0 unspecified atom stereocenters. The SMILES string of the molecule is CC(C)[C@@H](NC(=O)OC(C)(C)C)C(=O)O[C@H]1[C@@H](O)[C@](C#N)(c2ccc(C(N)=NC=N)[nH]2)O[C@@H]1COC(=O)CC1CCCC1. The molecule has 43 heavy (non-hydrogen) atoms. The third-order valence-corrected chi connectivity index (χ3v) is 7.35. The van der Waals surface area contributed by atoms with E-state index in [-0.39, 0.29) is 29.6 Å². The van der Waals surface area contributed by atoms with Crippen molar-refractivity contribution in [3.05, 3.63) is 23.5 Å².